The topological polar surface area (TPSA) is 38.3 Å². The summed E-state index contributed by atoms with van der Waals surface area (Å²) in [6, 6.07) is -0.438. The number of amides is 1. The van der Waals surface area contributed by atoms with Gasteiger partial charge in [-0.25, -0.2) is 13.6 Å². The fourth-order valence-electron chi connectivity index (χ4n) is 1.30. The number of hydrogen-bond donors (Lipinski definition) is 1. The monoisotopic (exact) mass is 179 g/mol. The van der Waals surface area contributed by atoms with Gasteiger partial charge in [-0.05, 0) is 6.42 Å². The molecule has 0 saturated heterocycles. The Kier molecular flexibility index (Phi) is 2.49. The molecule has 0 spiro atoms. The second-order valence-electron chi connectivity index (χ2n) is 2.93. The maximum Gasteiger partial charge on any atom is 0.407 e. The Hall–Kier alpha value is -0.870. The van der Waals surface area contributed by atoms with Crippen molar-refractivity contribution in [3.05, 3.63) is 0 Å². The molecule has 70 valence electrons. The van der Waals surface area contributed by atoms with Crippen LogP contribution in [0.5, 0.6) is 0 Å². The molecule has 1 aliphatic carbocycles. The first-order valence-electron chi connectivity index (χ1n) is 3.76. The van der Waals surface area contributed by atoms with E-state index in [1.807, 2.05) is 0 Å². The van der Waals surface area contributed by atoms with E-state index in [0.29, 0.717) is 6.42 Å². The van der Waals surface area contributed by atoms with Crippen LogP contribution in [0.25, 0.3) is 0 Å². The van der Waals surface area contributed by atoms with E-state index in [2.05, 4.69) is 10.1 Å². The number of alkyl halides is 2. The van der Waals surface area contributed by atoms with E-state index in [9.17, 15) is 13.6 Å². The van der Waals surface area contributed by atoms with E-state index in [1.165, 1.54) is 7.11 Å². The quantitative estimate of drug-likeness (QED) is 0.662. The molecule has 3 nitrogen and oxygen atoms in total. The van der Waals surface area contributed by atoms with Gasteiger partial charge in [-0.15, -0.1) is 0 Å². The van der Waals surface area contributed by atoms with Crippen LogP contribution in [0, 0.1) is 0 Å². The average Bonchev–Trinajstić information content (AvgIpc) is 2.30. The molecule has 0 heterocycles. The van der Waals surface area contributed by atoms with E-state index < -0.39 is 18.1 Å². The first-order chi connectivity index (χ1) is 5.53. The van der Waals surface area contributed by atoms with Gasteiger partial charge in [0.2, 0.25) is 5.92 Å². The van der Waals surface area contributed by atoms with Gasteiger partial charge in [0.25, 0.3) is 0 Å². The summed E-state index contributed by atoms with van der Waals surface area (Å²) in [5.41, 5.74) is 0. The maximum absolute atomic E-state index is 12.6. The van der Waals surface area contributed by atoms with Gasteiger partial charge in [0.1, 0.15) is 0 Å². The molecule has 0 radical (unpaired) electrons. The summed E-state index contributed by atoms with van der Waals surface area (Å²) in [5.74, 6) is -2.62. The van der Waals surface area contributed by atoms with E-state index in [1.54, 1.807) is 0 Å². The smallest absolute Gasteiger partial charge is 0.407 e. The minimum absolute atomic E-state index is 0.151. The van der Waals surface area contributed by atoms with Crippen LogP contribution in [0.2, 0.25) is 0 Å². The minimum atomic E-state index is -2.62. The number of alkyl carbamates (subject to hydrolysis) is 1. The lowest BCUT2D eigenvalue weighted by Crippen LogP contribution is -2.33. The molecule has 12 heavy (non-hydrogen) atoms. The van der Waals surface area contributed by atoms with Crippen molar-refractivity contribution in [2.75, 3.05) is 7.11 Å². The lowest BCUT2D eigenvalue weighted by molar-refractivity contribution is 0.00706. The molecule has 1 unspecified atom stereocenters. The second-order valence-corrected chi connectivity index (χ2v) is 2.93. The summed E-state index contributed by atoms with van der Waals surface area (Å²) in [7, 11) is 1.21. The summed E-state index contributed by atoms with van der Waals surface area (Å²) in [6.07, 6.45) is -0.746. The summed E-state index contributed by atoms with van der Waals surface area (Å²) in [6.45, 7) is 0. The average molecular weight is 179 g/mol. The normalized spacial score (nSPS) is 26.8. The van der Waals surface area contributed by atoms with E-state index in [0.717, 1.165) is 0 Å². The molecule has 0 aromatic heterocycles. The van der Waals surface area contributed by atoms with Crippen LogP contribution in [0.1, 0.15) is 19.3 Å². The molecule has 1 rings (SSSR count). The van der Waals surface area contributed by atoms with Gasteiger partial charge in [0.15, 0.2) is 0 Å². The third-order valence-corrected chi connectivity index (χ3v) is 1.91. The van der Waals surface area contributed by atoms with Gasteiger partial charge < -0.3 is 10.1 Å². The van der Waals surface area contributed by atoms with Gasteiger partial charge in [-0.3, -0.25) is 0 Å². The number of rotatable bonds is 1. The number of ether oxygens (including phenoxy) is 1. The molecular formula is C7H11F2NO2. The lowest BCUT2D eigenvalue weighted by Gasteiger charge is -2.11. The van der Waals surface area contributed by atoms with Crippen molar-refractivity contribution in [1.82, 2.24) is 5.32 Å². The molecule has 1 aliphatic rings. The fourth-order valence-corrected chi connectivity index (χ4v) is 1.30. The Morgan fingerprint density at radius 1 is 1.67 bits per heavy atom. The molecule has 1 saturated carbocycles. The molecule has 5 heteroatoms. The molecule has 0 bridgehead atoms. The predicted molar refractivity (Wildman–Crippen MR) is 38.1 cm³/mol. The third kappa shape index (κ3) is 2.32. The van der Waals surface area contributed by atoms with E-state index in [-0.39, 0.29) is 12.8 Å². The molecular weight excluding hydrogens is 168 g/mol. The number of hydrogen-bond acceptors (Lipinski definition) is 2. The number of halogens is 2. The number of carbonyl (C=O) groups is 1. The molecule has 1 fully saturated rings. The Labute approximate surface area is 69.1 Å². The molecule has 1 atom stereocenters. The SMILES string of the molecule is COC(=O)NC1CCC(F)(F)C1. The van der Waals surface area contributed by atoms with Crippen LogP contribution in [-0.2, 0) is 4.74 Å². The zero-order valence-corrected chi connectivity index (χ0v) is 6.77. The fraction of sp³-hybridized carbons (Fsp3) is 0.857. The van der Waals surface area contributed by atoms with Gasteiger partial charge >= 0.3 is 6.09 Å². The maximum atomic E-state index is 12.6. The number of nitrogens with one attached hydrogen (secondary N) is 1. The third-order valence-electron chi connectivity index (χ3n) is 1.91. The van der Waals surface area contributed by atoms with Crippen molar-refractivity contribution in [2.24, 2.45) is 0 Å². The van der Waals surface area contributed by atoms with Crippen molar-refractivity contribution in [3.8, 4) is 0 Å². The van der Waals surface area contributed by atoms with Crippen LogP contribution in [0.4, 0.5) is 13.6 Å². The highest BCUT2D eigenvalue weighted by Gasteiger charge is 2.40. The highest BCUT2D eigenvalue weighted by atomic mass is 19.3. The summed E-state index contributed by atoms with van der Waals surface area (Å²) in [5, 5.41) is 2.34. The van der Waals surface area contributed by atoms with Crippen LogP contribution in [-0.4, -0.2) is 25.2 Å². The van der Waals surface area contributed by atoms with E-state index >= 15 is 0 Å². The van der Waals surface area contributed by atoms with Gasteiger partial charge in [0, 0.05) is 18.9 Å². The van der Waals surface area contributed by atoms with Crippen molar-refractivity contribution >= 4 is 6.09 Å². The first-order valence-corrected chi connectivity index (χ1v) is 3.76. The zero-order valence-electron chi connectivity index (χ0n) is 6.77. The van der Waals surface area contributed by atoms with Crippen molar-refractivity contribution < 1.29 is 18.3 Å². The van der Waals surface area contributed by atoms with Crippen molar-refractivity contribution in [3.63, 3.8) is 0 Å². The highest BCUT2D eigenvalue weighted by Crippen LogP contribution is 2.34. The lowest BCUT2D eigenvalue weighted by atomic mass is 10.2. The molecule has 0 aliphatic heterocycles. The Balaban J connectivity index is 2.33. The van der Waals surface area contributed by atoms with E-state index in [4.69, 9.17) is 0 Å². The Morgan fingerprint density at radius 2 is 2.33 bits per heavy atom. The Morgan fingerprint density at radius 3 is 2.75 bits per heavy atom. The number of carbonyl (C=O) groups excluding carboxylic acids is 1. The second kappa shape index (κ2) is 3.25. The van der Waals surface area contributed by atoms with Crippen LogP contribution in [0.15, 0.2) is 0 Å². The summed E-state index contributed by atoms with van der Waals surface area (Å²) < 4.78 is 29.4. The standard InChI is InChI=1S/C7H11F2NO2/c1-12-6(11)10-5-2-3-7(8,9)4-5/h5H,2-4H2,1H3,(H,10,11). The largest absolute Gasteiger partial charge is 0.453 e. The van der Waals surface area contributed by atoms with Crippen LogP contribution >= 0.6 is 0 Å². The van der Waals surface area contributed by atoms with Crippen LogP contribution in [0.3, 0.4) is 0 Å². The predicted octanol–water partition coefficient (Wildman–Crippen LogP) is 1.53. The zero-order chi connectivity index (χ0) is 9.19. The Bertz CT molecular complexity index is 184. The van der Waals surface area contributed by atoms with Crippen molar-refractivity contribution in [1.29, 1.82) is 0 Å². The van der Waals surface area contributed by atoms with Gasteiger partial charge in [0.05, 0.1) is 7.11 Å². The van der Waals surface area contributed by atoms with Crippen LogP contribution < -0.4 is 5.32 Å². The van der Waals surface area contributed by atoms with Gasteiger partial charge in [-0.1, -0.05) is 0 Å². The summed E-state index contributed by atoms with van der Waals surface area (Å²) >= 11 is 0. The van der Waals surface area contributed by atoms with Gasteiger partial charge in [-0.2, -0.15) is 0 Å². The van der Waals surface area contributed by atoms with Crippen molar-refractivity contribution in [2.45, 2.75) is 31.2 Å². The molecule has 0 aromatic rings. The minimum Gasteiger partial charge on any atom is -0.453 e. The molecule has 1 amide bonds. The summed E-state index contributed by atoms with van der Waals surface area (Å²) in [4.78, 5) is 10.6. The molecule has 0 aromatic carbocycles. The number of methoxy groups -OCH3 is 1. The first kappa shape index (κ1) is 9.22. The highest BCUT2D eigenvalue weighted by molar-refractivity contribution is 5.67. The molecule has 1 N–H and O–H groups in total.